The Morgan fingerprint density at radius 3 is 1.09 bits per heavy atom. The lowest BCUT2D eigenvalue weighted by atomic mass is 10.5. The van der Waals surface area contributed by atoms with Crippen LogP contribution in [0.3, 0.4) is 0 Å². The van der Waals surface area contributed by atoms with Gasteiger partial charge in [-0.05, 0) is 19.3 Å². The largest absolute Gasteiger partial charge is 0.474 e. The molecule has 0 bridgehead atoms. The molecule has 3 saturated carbocycles. The van der Waals surface area contributed by atoms with Crippen molar-refractivity contribution in [3.63, 3.8) is 0 Å². The summed E-state index contributed by atoms with van der Waals surface area (Å²) < 4.78 is 26.3. The van der Waals surface area contributed by atoms with Gasteiger partial charge in [-0.15, -0.1) is 69.6 Å². The Balaban J connectivity index is 1.50. The first-order valence-corrected chi connectivity index (χ1v) is 10.8. The quantitative estimate of drug-likeness (QED) is 0.322. The Labute approximate surface area is 164 Å². The maximum absolute atomic E-state index is 12.7. The second kappa shape index (κ2) is 6.48. The molecular formula is C12H15Cl6O4P. The van der Waals surface area contributed by atoms with Gasteiger partial charge in [-0.25, -0.2) is 4.57 Å². The Morgan fingerprint density at radius 1 is 0.696 bits per heavy atom. The average Bonchev–Trinajstić information content (AvgIpc) is 3.33. The van der Waals surface area contributed by atoms with Crippen LogP contribution in [0.15, 0.2) is 0 Å². The van der Waals surface area contributed by atoms with Crippen molar-refractivity contribution in [2.24, 2.45) is 17.8 Å². The van der Waals surface area contributed by atoms with Gasteiger partial charge in [-0.3, -0.25) is 13.6 Å². The Hall–Kier alpha value is 1.85. The van der Waals surface area contributed by atoms with Gasteiger partial charge in [0.2, 0.25) is 0 Å². The third kappa shape index (κ3) is 5.19. The maximum atomic E-state index is 12.7. The number of alkyl halides is 6. The smallest absolute Gasteiger partial charge is 0.286 e. The zero-order chi connectivity index (χ0) is 17.1. The van der Waals surface area contributed by atoms with E-state index in [1.54, 1.807) is 0 Å². The molecule has 0 N–H and O–H groups in total. The summed E-state index contributed by atoms with van der Waals surface area (Å²) in [6.07, 6.45) is 1.71. The van der Waals surface area contributed by atoms with Gasteiger partial charge >= 0.3 is 7.82 Å². The van der Waals surface area contributed by atoms with Gasteiger partial charge < -0.3 is 0 Å². The molecule has 3 fully saturated rings. The van der Waals surface area contributed by atoms with Crippen LogP contribution in [0.4, 0.5) is 0 Å². The highest BCUT2D eigenvalue weighted by Gasteiger charge is 2.56. The molecule has 4 nitrogen and oxygen atoms in total. The minimum Gasteiger partial charge on any atom is -0.286 e. The zero-order valence-electron chi connectivity index (χ0n) is 11.8. The third-order valence-electron chi connectivity index (χ3n) is 4.17. The Kier molecular flexibility index (Phi) is 5.52. The van der Waals surface area contributed by atoms with E-state index in [2.05, 4.69) is 0 Å². The molecule has 0 radical (unpaired) electrons. The molecule has 11 heteroatoms. The van der Waals surface area contributed by atoms with E-state index >= 15 is 0 Å². The van der Waals surface area contributed by atoms with E-state index in [0.717, 1.165) is 0 Å². The van der Waals surface area contributed by atoms with E-state index in [0.29, 0.717) is 19.3 Å². The monoisotopic (exact) mass is 464 g/mol. The first-order chi connectivity index (χ1) is 10.4. The number of hydrogen-bond donors (Lipinski definition) is 0. The van der Waals surface area contributed by atoms with Crippen molar-refractivity contribution >= 4 is 77.4 Å². The molecule has 0 aromatic heterocycles. The predicted octanol–water partition coefficient (Wildman–Crippen LogP) is 5.73. The lowest BCUT2D eigenvalue weighted by Crippen LogP contribution is -2.10. The van der Waals surface area contributed by atoms with Gasteiger partial charge in [0.15, 0.2) is 0 Å². The molecule has 0 aliphatic heterocycles. The van der Waals surface area contributed by atoms with Gasteiger partial charge in [0.25, 0.3) is 0 Å². The second-order valence-corrected chi connectivity index (χ2v) is 12.6. The van der Waals surface area contributed by atoms with E-state index in [-0.39, 0.29) is 37.6 Å². The summed E-state index contributed by atoms with van der Waals surface area (Å²) >= 11 is 35.6. The highest BCUT2D eigenvalue weighted by Crippen LogP contribution is 2.61. The highest BCUT2D eigenvalue weighted by molar-refractivity contribution is 7.48. The molecule has 3 aliphatic carbocycles. The Morgan fingerprint density at radius 2 is 0.913 bits per heavy atom. The van der Waals surface area contributed by atoms with Crippen LogP contribution in [-0.2, 0) is 18.1 Å². The van der Waals surface area contributed by atoms with Crippen LogP contribution >= 0.6 is 77.4 Å². The summed E-state index contributed by atoms with van der Waals surface area (Å²) in [5.74, 6) is -0.310. The number of rotatable bonds is 9. The van der Waals surface area contributed by atoms with Gasteiger partial charge in [0.05, 0.1) is 19.8 Å². The molecule has 3 rings (SSSR count). The van der Waals surface area contributed by atoms with Crippen LogP contribution in [0.2, 0.25) is 0 Å². The van der Waals surface area contributed by atoms with Crippen LogP contribution in [0.25, 0.3) is 0 Å². The van der Waals surface area contributed by atoms with Gasteiger partial charge in [0.1, 0.15) is 13.0 Å². The molecule has 0 aromatic rings. The zero-order valence-corrected chi connectivity index (χ0v) is 17.3. The number of hydrogen-bond acceptors (Lipinski definition) is 4. The normalized spacial score (nSPS) is 37.9. The Bertz CT molecular complexity index is 456. The average molecular weight is 467 g/mol. The third-order valence-corrected chi connectivity index (χ3v) is 8.34. The van der Waals surface area contributed by atoms with Crippen molar-refractivity contribution < 1.29 is 18.1 Å². The number of phosphoric ester groups is 1. The summed E-state index contributed by atoms with van der Waals surface area (Å²) in [6.45, 7) is 0.248. The number of halogens is 6. The fourth-order valence-corrected chi connectivity index (χ4v) is 4.81. The minimum absolute atomic E-state index is 0.0827. The van der Waals surface area contributed by atoms with Crippen LogP contribution in [-0.4, -0.2) is 32.8 Å². The van der Waals surface area contributed by atoms with Gasteiger partial charge in [-0.2, -0.15) is 0 Å². The van der Waals surface area contributed by atoms with E-state index in [9.17, 15) is 4.57 Å². The standard InChI is InChI=1S/C12H15Cl6O4P/c13-10(14)1-7(10)4-20-23(19,21-5-8-2-11(8,15)16)22-6-9-3-12(9,17)18/h7-9H,1-6H2. The second-order valence-electron chi connectivity index (χ2n) is 6.32. The van der Waals surface area contributed by atoms with E-state index < -0.39 is 20.8 Å². The highest BCUT2D eigenvalue weighted by atomic mass is 35.5. The summed E-state index contributed by atoms with van der Waals surface area (Å²) in [6, 6.07) is 0. The first-order valence-electron chi connectivity index (χ1n) is 7.11. The molecular weight excluding hydrogens is 452 g/mol. The van der Waals surface area contributed by atoms with Crippen molar-refractivity contribution in [2.45, 2.75) is 32.3 Å². The lowest BCUT2D eigenvalue weighted by Gasteiger charge is -2.18. The summed E-state index contributed by atoms with van der Waals surface area (Å²) in [7, 11) is -3.78. The molecule has 23 heavy (non-hydrogen) atoms. The van der Waals surface area contributed by atoms with Crippen molar-refractivity contribution in [2.75, 3.05) is 19.8 Å². The SMILES string of the molecule is O=P(OCC1CC1(Cl)Cl)(OCC1CC1(Cl)Cl)OCC1CC1(Cl)Cl. The van der Waals surface area contributed by atoms with Crippen molar-refractivity contribution in [3.05, 3.63) is 0 Å². The molecule has 134 valence electrons. The van der Waals surface area contributed by atoms with Crippen molar-refractivity contribution in [3.8, 4) is 0 Å². The van der Waals surface area contributed by atoms with Gasteiger partial charge in [0, 0.05) is 17.8 Å². The summed E-state index contributed by atoms with van der Waals surface area (Å²) in [5.41, 5.74) is 0. The van der Waals surface area contributed by atoms with Crippen LogP contribution in [0.5, 0.6) is 0 Å². The fraction of sp³-hybridized carbons (Fsp3) is 1.00. The number of phosphoric acid groups is 1. The van der Waals surface area contributed by atoms with Crippen molar-refractivity contribution in [1.82, 2.24) is 0 Å². The van der Waals surface area contributed by atoms with Gasteiger partial charge in [-0.1, -0.05) is 0 Å². The molecule has 0 amide bonds. The predicted molar refractivity (Wildman–Crippen MR) is 93.1 cm³/mol. The first kappa shape index (κ1) is 19.6. The molecule has 0 aromatic carbocycles. The molecule has 0 spiro atoms. The lowest BCUT2D eigenvalue weighted by molar-refractivity contribution is 0.102. The molecule has 0 saturated heterocycles. The maximum Gasteiger partial charge on any atom is 0.474 e. The van der Waals surface area contributed by atoms with Crippen LogP contribution < -0.4 is 0 Å². The molecule has 3 unspecified atom stereocenters. The van der Waals surface area contributed by atoms with E-state index in [1.165, 1.54) is 0 Å². The summed E-state index contributed by atoms with van der Waals surface area (Å²) in [4.78, 5) is 0. The molecule has 0 heterocycles. The topological polar surface area (TPSA) is 44.8 Å². The summed E-state index contributed by atoms with van der Waals surface area (Å²) in [5, 5.41) is 0. The van der Waals surface area contributed by atoms with Crippen LogP contribution in [0, 0.1) is 17.8 Å². The minimum atomic E-state index is -3.78. The molecule has 3 atom stereocenters. The van der Waals surface area contributed by atoms with Crippen molar-refractivity contribution in [1.29, 1.82) is 0 Å². The van der Waals surface area contributed by atoms with E-state index in [1.807, 2.05) is 0 Å². The van der Waals surface area contributed by atoms with Crippen LogP contribution in [0.1, 0.15) is 19.3 Å². The van der Waals surface area contributed by atoms with E-state index in [4.69, 9.17) is 83.2 Å². The fourth-order valence-electron chi connectivity index (χ4n) is 2.01. The molecule has 3 aliphatic rings.